The molecule has 8 heteroatoms. The number of carbonyl (C=O) groups excluding carboxylic acids is 1. The maximum atomic E-state index is 12.4. The first kappa shape index (κ1) is 17.5. The molecular weight excluding hydrogens is 318 g/mol. The van der Waals surface area contributed by atoms with Crippen LogP contribution < -0.4 is 5.32 Å². The average Bonchev–Trinajstić information content (AvgIpc) is 3.03. The Labute approximate surface area is 137 Å². The molecule has 0 aliphatic heterocycles. The molecule has 1 heterocycles. The molecule has 0 unspecified atom stereocenters. The fraction of sp³-hybridized carbons (Fsp3) is 0.375. The van der Waals surface area contributed by atoms with Crippen molar-refractivity contribution in [3.05, 3.63) is 35.7 Å². The summed E-state index contributed by atoms with van der Waals surface area (Å²) in [5.41, 5.74) is 0.553. The number of hydrogen-bond acceptors (Lipinski definition) is 5. The lowest BCUT2D eigenvalue weighted by Crippen LogP contribution is -2.33. The predicted octanol–water partition coefficient (Wildman–Crippen LogP) is 3.34. The standard InChI is InChI=1S/C16H16F2N4O2/c1-16(2,7-8-19)9-20-14(23)11-5-3-10(4-6-11)13-21-15(12(17)18)24-22-13/h3-6,12H,7,9H2,1-2H3,(H,20,23). The van der Waals surface area contributed by atoms with Gasteiger partial charge in [0.25, 0.3) is 11.8 Å². The number of amides is 1. The van der Waals surface area contributed by atoms with Gasteiger partial charge in [0.2, 0.25) is 5.82 Å². The molecule has 0 saturated carbocycles. The van der Waals surface area contributed by atoms with E-state index in [2.05, 4.69) is 26.0 Å². The number of halogens is 2. The minimum absolute atomic E-state index is 0.0346. The SMILES string of the molecule is CC(C)(CC#N)CNC(=O)c1ccc(-c2noc(C(F)F)n2)cc1. The quantitative estimate of drug-likeness (QED) is 0.874. The number of aromatic nitrogens is 2. The first-order valence-electron chi connectivity index (χ1n) is 7.20. The topological polar surface area (TPSA) is 91.8 Å². The summed E-state index contributed by atoms with van der Waals surface area (Å²) in [6, 6.07) is 8.27. The van der Waals surface area contributed by atoms with Crippen molar-refractivity contribution in [2.45, 2.75) is 26.7 Å². The van der Waals surface area contributed by atoms with E-state index in [1.807, 2.05) is 13.8 Å². The molecule has 0 fully saturated rings. The van der Waals surface area contributed by atoms with Crippen LogP contribution in [-0.4, -0.2) is 22.6 Å². The zero-order valence-electron chi connectivity index (χ0n) is 13.2. The summed E-state index contributed by atoms with van der Waals surface area (Å²) in [5.74, 6) is -0.993. The highest BCUT2D eigenvalue weighted by molar-refractivity contribution is 5.94. The van der Waals surface area contributed by atoms with Crippen LogP contribution in [0.15, 0.2) is 28.8 Å². The van der Waals surface area contributed by atoms with E-state index in [1.54, 1.807) is 24.3 Å². The lowest BCUT2D eigenvalue weighted by Gasteiger charge is -2.21. The Morgan fingerprint density at radius 2 is 2.04 bits per heavy atom. The number of carbonyl (C=O) groups is 1. The lowest BCUT2D eigenvalue weighted by atomic mass is 9.90. The van der Waals surface area contributed by atoms with Crippen molar-refractivity contribution in [1.29, 1.82) is 5.26 Å². The summed E-state index contributed by atoms with van der Waals surface area (Å²) in [7, 11) is 0. The van der Waals surface area contributed by atoms with Crippen LogP contribution in [0.25, 0.3) is 11.4 Å². The van der Waals surface area contributed by atoms with Crippen LogP contribution >= 0.6 is 0 Å². The third kappa shape index (κ3) is 4.35. The van der Waals surface area contributed by atoms with Gasteiger partial charge in [-0.3, -0.25) is 4.79 Å². The Kier molecular flexibility index (Phi) is 5.24. The smallest absolute Gasteiger partial charge is 0.315 e. The number of nitrogens with zero attached hydrogens (tertiary/aromatic N) is 3. The van der Waals surface area contributed by atoms with E-state index in [4.69, 9.17) is 5.26 Å². The number of alkyl halides is 2. The fourth-order valence-electron chi connectivity index (χ4n) is 1.91. The Hall–Kier alpha value is -2.82. The maximum absolute atomic E-state index is 12.4. The van der Waals surface area contributed by atoms with Gasteiger partial charge in [-0.05, 0) is 17.5 Å². The normalized spacial score (nSPS) is 11.3. The van der Waals surface area contributed by atoms with Crippen molar-refractivity contribution in [2.75, 3.05) is 6.54 Å². The largest absolute Gasteiger partial charge is 0.351 e. The molecule has 0 saturated heterocycles. The molecule has 0 bridgehead atoms. The molecule has 2 aromatic rings. The van der Waals surface area contributed by atoms with E-state index in [0.717, 1.165) is 0 Å². The van der Waals surface area contributed by atoms with Crippen molar-refractivity contribution in [2.24, 2.45) is 5.41 Å². The monoisotopic (exact) mass is 334 g/mol. The van der Waals surface area contributed by atoms with E-state index < -0.39 is 12.3 Å². The van der Waals surface area contributed by atoms with Gasteiger partial charge < -0.3 is 9.84 Å². The number of hydrogen-bond donors (Lipinski definition) is 1. The van der Waals surface area contributed by atoms with Gasteiger partial charge in [0, 0.05) is 24.1 Å². The minimum Gasteiger partial charge on any atom is -0.351 e. The van der Waals surface area contributed by atoms with Gasteiger partial charge in [-0.2, -0.15) is 19.0 Å². The number of benzene rings is 1. The second-order valence-corrected chi connectivity index (χ2v) is 6.02. The zero-order valence-corrected chi connectivity index (χ0v) is 13.2. The Morgan fingerprint density at radius 3 is 2.58 bits per heavy atom. The third-order valence-electron chi connectivity index (χ3n) is 3.32. The highest BCUT2D eigenvalue weighted by atomic mass is 19.3. The Bertz CT molecular complexity index is 748. The second kappa shape index (κ2) is 7.17. The molecule has 1 N–H and O–H groups in total. The molecule has 0 atom stereocenters. The maximum Gasteiger partial charge on any atom is 0.315 e. The van der Waals surface area contributed by atoms with E-state index in [-0.39, 0.29) is 17.1 Å². The van der Waals surface area contributed by atoms with Crippen molar-refractivity contribution in [1.82, 2.24) is 15.5 Å². The highest BCUT2D eigenvalue weighted by Crippen LogP contribution is 2.22. The Morgan fingerprint density at radius 1 is 1.38 bits per heavy atom. The fourth-order valence-corrected chi connectivity index (χ4v) is 1.91. The van der Waals surface area contributed by atoms with E-state index >= 15 is 0 Å². The predicted molar refractivity (Wildman–Crippen MR) is 81.0 cm³/mol. The van der Waals surface area contributed by atoms with Gasteiger partial charge in [-0.25, -0.2) is 0 Å². The van der Waals surface area contributed by atoms with Gasteiger partial charge >= 0.3 is 6.43 Å². The summed E-state index contributed by atoms with van der Waals surface area (Å²) in [5, 5.41) is 15.0. The van der Waals surface area contributed by atoms with Crippen molar-refractivity contribution < 1.29 is 18.1 Å². The van der Waals surface area contributed by atoms with Crippen LogP contribution in [0.3, 0.4) is 0 Å². The molecular formula is C16H16F2N4O2. The molecule has 0 spiro atoms. The Balaban J connectivity index is 2.03. The molecule has 0 aliphatic rings. The van der Waals surface area contributed by atoms with Gasteiger partial charge in [0.05, 0.1) is 6.07 Å². The van der Waals surface area contributed by atoms with Crippen LogP contribution in [0.5, 0.6) is 0 Å². The highest BCUT2D eigenvalue weighted by Gasteiger charge is 2.20. The van der Waals surface area contributed by atoms with E-state index in [1.165, 1.54) is 0 Å². The molecule has 1 aromatic carbocycles. The summed E-state index contributed by atoms with van der Waals surface area (Å²) in [6.45, 7) is 4.14. The third-order valence-corrected chi connectivity index (χ3v) is 3.32. The number of nitriles is 1. The van der Waals surface area contributed by atoms with Gasteiger partial charge in [0.1, 0.15) is 0 Å². The second-order valence-electron chi connectivity index (χ2n) is 6.02. The van der Waals surface area contributed by atoms with Crippen molar-refractivity contribution in [3.63, 3.8) is 0 Å². The summed E-state index contributed by atoms with van der Waals surface area (Å²) < 4.78 is 29.3. The molecule has 0 radical (unpaired) electrons. The van der Waals surface area contributed by atoms with Crippen LogP contribution in [-0.2, 0) is 0 Å². The first-order chi connectivity index (χ1) is 11.3. The van der Waals surface area contributed by atoms with Crippen LogP contribution in [0.4, 0.5) is 8.78 Å². The lowest BCUT2D eigenvalue weighted by molar-refractivity contribution is 0.0937. The van der Waals surface area contributed by atoms with Gasteiger partial charge in [0.15, 0.2) is 0 Å². The van der Waals surface area contributed by atoms with Crippen LogP contribution in [0.2, 0.25) is 0 Å². The van der Waals surface area contributed by atoms with Crippen LogP contribution in [0, 0.1) is 16.7 Å². The van der Waals surface area contributed by atoms with Gasteiger partial charge in [-0.1, -0.05) is 31.1 Å². The summed E-state index contributed by atoms with van der Waals surface area (Å²) >= 11 is 0. The molecule has 126 valence electrons. The van der Waals surface area contributed by atoms with Gasteiger partial charge in [-0.15, -0.1) is 0 Å². The average molecular weight is 334 g/mol. The molecule has 6 nitrogen and oxygen atoms in total. The van der Waals surface area contributed by atoms with Crippen molar-refractivity contribution in [3.8, 4) is 17.5 Å². The molecule has 2 rings (SSSR count). The number of rotatable bonds is 6. The van der Waals surface area contributed by atoms with E-state index in [0.29, 0.717) is 24.1 Å². The van der Waals surface area contributed by atoms with E-state index in [9.17, 15) is 13.6 Å². The van der Waals surface area contributed by atoms with Crippen molar-refractivity contribution >= 4 is 5.91 Å². The molecule has 1 aromatic heterocycles. The zero-order chi connectivity index (χ0) is 17.7. The first-order valence-corrected chi connectivity index (χ1v) is 7.20. The summed E-state index contributed by atoms with van der Waals surface area (Å²) in [4.78, 5) is 15.7. The summed E-state index contributed by atoms with van der Waals surface area (Å²) in [6.07, 6.45) is -2.50. The molecule has 24 heavy (non-hydrogen) atoms. The number of nitrogens with one attached hydrogen (secondary N) is 1. The minimum atomic E-state index is -2.83. The van der Waals surface area contributed by atoms with Crippen LogP contribution in [0.1, 0.15) is 42.9 Å². The molecule has 0 aliphatic carbocycles. The molecule has 1 amide bonds.